The maximum absolute atomic E-state index is 12.9. The van der Waals surface area contributed by atoms with Gasteiger partial charge in [-0.15, -0.1) is 0 Å². The SMILES string of the molecule is CC/C=C\C/C=C\C/C=C\C/C=C\CCCCCCCCCCCCCCCCC(=O)OCC(COC(=O)CCCCCCC/C=C\CCCCCCCC)OC(=O)CCCCCCCCCC/C=C\C/C=C\C/C=C\C/C=C\CC. The predicted molar refractivity (Wildman–Crippen MR) is 353 cm³/mol. The minimum atomic E-state index is -0.789. The van der Waals surface area contributed by atoms with E-state index in [0.29, 0.717) is 19.3 Å². The fraction of sp³-hybridized carbons (Fsp3) is 0.720. The molecule has 0 saturated carbocycles. The van der Waals surface area contributed by atoms with Crippen LogP contribution in [-0.2, 0) is 28.6 Å². The Morgan fingerprint density at radius 1 is 0.259 bits per heavy atom. The van der Waals surface area contributed by atoms with Gasteiger partial charge in [-0.3, -0.25) is 14.4 Å². The van der Waals surface area contributed by atoms with Crippen molar-refractivity contribution >= 4 is 17.9 Å². The molecule has 0 spiro atoms. The molecule has 0 saturated heterocycles. The van der Waals surface area contributed by atoms with Crippen LogP contribution in [0.2, 0.25) is 0 Å². The molecule has 0 aliphatic rings. The van der Waals surface area contributed by atoms with Gasteiger partial charge < -0.3 is 14.2 Å². The molecule has 0 aromatic heterocycles. The Balaban J connectivity index is 4.33. The third-order valence-electron chi connectivity index (χ3n) is 14.7. The molecule has 0 rings (SSSR count). The highest BCUT2D eigenvalue weighted by molar-refractivity contribution is 5.71. The lowest BCUT2D eigenvalue weighted by Gasteiger charge is -2.18. The van der Waals surface area contributed by atoms with E-state index in [1.54, 1.807) is 0 Å². The lowest BCUT2D eigenvalue weighted by Crippen LogP contribution is -2.30. The summed E-state index contributed by atoms with van der Waals surface area (Å²) in [6, 6.07) is 0. The molecule has 0 amide bonds. The summed E-state index contributed by atoms with van der Waals surface area (Å²) < 4.78 is 17.0. The van der Waals surface area contributed by atoms with Crippen molar-refractivity contribution in [2.24, 2.45) is 0 Å². The smallest absolute Gasteiger partial charge is 0.306 e. The topological polar surface area (TPSA) is 78.9 Å². The Bertz CT molecular complexity index is 1620. The molecule has 0 N–H and O–H groups in total. The van der Waals surface area contributed by atoms with E-state index in [-0.39, 0.29) is 31.1 Å². The molecule has 0 bridgehead atoms. The van der Waals surface area contributed by atoms with Crippen molar-refractivity contribution < 1.29 is 28.6 Å². The van der Waals surface area contributed by atoms with Crippen molar-refractivity contribution in [2.45, 2.75) is 335 Å². The van der Waals surface area contributed by atoms with Crippen LogP contribution >= 0.6 is 0 Å². The van der Waals surface area contributed by atoms with E-state index >= 15 is 0 Å². The number of esters is 3. The number of unbranched alkanes of at least 4 members (excludes halogenated alkanes) is 33. The third kappa shape index (κ3) is 66.8. The average molecular weight is 1130 g/mol. The standard InChI is InChI=1S/C75H128O6/c1-4-7-10-13-16-19-22-25-28-30-32-34-35-36-37-38-39-41-42-44-47-50-53-56-59-62-65-68-74(77)80-71-72(70-79-73(76)67-64-61-58-55-52-49-46-27-24-21-18-15-12-9-6-3)81-75(78)69-66-63-60-57-54-51-48-45-43-40-33-31-29-26-23-20-17-14-11-8-5-2/h7-8,10-11,16-17,19-20,25-29,32-34,40,46,72H,4-6,9,12-15,18,21-24,30-31,35-39,41-45,47-71H2,1-3H3/b10-7-,11-8-,19-16-,20-17-,28-25-,29-26-,34-32-,40-33-,46-27-. The number of allylic oxidation sites excluding steroid dienone is 18. The minimum Gasteiger partial charge on any atom is -0.462 e. The van der Waals surface area contributed by atoms with Crippen LogP contribution in [0.25, 0.3) is 0 Å². The summed E-state index contributed by atoms with van der Waals surface area (Å²) in [5, 5.41) is 0. The van der Waals surface area contributed by atoms with Crippen LogP contribution in [0.15, 0.2) is 109 Å². The maximum atomic E-state index is 12.9. The van der Waals surface area contributed by atoms with Gasteiger partial charge in [0, 0.05) is 19.3 Å². The molecule has 0 aliphatic heterocycles. The zero-order valence-electron chi connectivity index (χ0n) is 53.3. The van der Waals surface area contributed by atoms with Gasteiger partial charge in [0.2, 0.25) is 0 Å². The second kappa shape index (κ2) is 68.6. The minimum absolute atomic E-state index is 0.0831. The highest BCUT2D eigenvalue weighted by Gasteiger charge is 2.19. The fourth-order valence-corrected chi connectivity index (χ4v) is 9.66. The van der Waals surface area contributed by atoms with Crippen molar-refractivity contribution in [1.82, 2.24) is 0 Å². The molecule has 0 aromatic carbocycles. The van der Waals surface area contributed by atoms with Gasteiger partial charge in [-0.25, -0.2) is 0 Å². The molecule has 1 atom stereocenters. The first-order chi connectivity index (χ1) is 40.0. The Morgan fingerprint density at radius 3 is 0.765 bits per heavy atom. The number of rotatable bonds is 62. The third-order valence-corrected chi connectivity index (χ3v) is 14.7. The van der Waals surface area contributed by atoms with Gasteiger partial charge in [-0.2, -0.15) is 0 Å². The molecular formula is C75H128O6. The summed E-state index contributed by atoms with van der Waals surface area (Å²) in [7, 11) is 0. The largest absolute Gasteiger partial charge is 0.462 e. The van der Waals surface area contributed by atoms with Gasteiger partial charge in [0.1, 0.15) is 13.2 Å². The van der Waals surface area contributed by atoms with Crippen molar-refractivity contribution in [1.29, 1.82) is 0 Å². The van der Waals surface area contributed by atoms with E-state index in [1.807, 2.05) is 0 Å². The second-order valence-corrected chi connectivity index (χ2v) is 22.7. The Morgan fingerprint density at radius 2 is 0.481 bits per heavy atom. The molecule has 0 fully saturated rings. The van der Waals surface area contributed by atoms with Gasteiger partial charge in [0.25, 0.3) is 0 Å². The summed E-state index contributed by atoms with van der Waals surface area (Å²) in [4.78, 5) is 38.4. The van der Waals surface area contributed by atoms with E-state index in [4.69, 9.17) is 14.2 Å². The van der Waals surface area contributed by atoms with Crippen LogP contribution in [0.5, 0.6) is 0 Å². The summed E-state index contributed by atoms with van der Waals surface area (Å²) >= 11 is 0. The van der Waals surface area contributed by atoms with E-state index in [9.17, 15) is 14.4 Å². The van der Waals surface area contributed by atoms with E-state index in [2.05, 4.69) is 130 Å². The van der Waals surface area contributed by atoms with Gasteiger partial charge in [-0.1, -0.05) is 297 Å². The Labute approximate surface area is 501 Å². The Kier molecular flexibility index (Phi) is 65.2. The normalized spacial score (nSPS) is 12.8. The van der Waals surface area contributed by atoms with Crippen molar-refractivity contribution in [3.05, 3.63) is 109 Å². The molecule has 0 heterocycles. The predicted octanol–water partition coefficient (Wildman–Crippen LogP) is 23.8. The van der Waals surface area contributed by atoms with Crippen molar-refractivity contribution in [3.8, 4) is 0 Å². The molecule has 464 valence electrons. The van der Waals surface area contributed by atoms with E-state index < -0.39 is 6.10 Å². The average Bonchev–Trinajstić information content (AvgIpc) is 3.47. The first kappa shape index (κ1) is 77.1. The van der Waals surface area contributed by atoms with Crippen LogP contribution in [-0.4, -0.2) is 37.2 Å². The van der Waals surface area contributed by atoms with Gasteiger partial charge >= 0.3 is 17.9 Å². The first-order valence-corrected chi connectivity index (χ1v) is 34.4. The number of carbonyl (C=O) groups excluding carboxylic acids is 3. The van der Waals surface area contributed by atoms with Crippen LogP contribution in [0.4, 0.5) is 0 Å². The maximum Gasteiger partial charge on any atom is 0.306 e. The van der Waals surface area contributed by atoms with Crippen LogP contribution in [0.3, 0.4) is 0 Å². The number of ether oxygens (including phenoxy) is 3. The highest BCUT2D eigenvalue weighted by Crippen LogP contribution is 2.17. The summed E-state index contributed by atoms with van der Waals surface area (Å²) in [6.07, 6.45) is 93.9. The summed E-state index contributed by atoms with van der Waals surface area (Å²) in [5.74, 6) is -0.888. The molecule has 81 heavy (non-hydrogen) atoms. The highest BCUT2D eigenvalue weighted by atomic mass is 16.6. The zero-order chi connectivity index (χ0) is 58.5. The van der Waals surface area contributed by atoms with Crippen LogP contribution in [0, 0.1) is 0 Å². The zero-order valence-corrected chi connectivity index (χ0v) is 53.3. The molecule has 6 heteroatoms. The molecular weight excluding hydrogens is 997 g/mol. The molecule has 0 aromatic rings. The van der Waals surface area contributed by atoms with Gasteiger partial charge in [-0.05, 0) is 122 Å². The number of hydrogen-bond acceptors (Lipinski definition) is 6. The number of hydrogen-bond donors (Lipinski definition) is 0. The summed E-state index contributed by atoms with van der Waals surface area (Å²) in [6.45, 7) is 6.43. The van der Waals surface area contributed by atoms with Crippen LogP contribution in [0.1, 0.15) is 329 Å². The second-order valence-electron chi connectivity index (χ2n) is 22.7. The van der Waals surface area contributed by atoms with Crippen molar-refractivity contribution in [3.63, 3.8) is 0 Å². The van der Waals surface area contributed by atoms with E-state index in [0.717, 1.165) is 122 Å². The van der Waals surface area contributed by atoms with Gasteiger partial charge in [0.05, 0.1) is 0 Å². The monoisotopic (exact) mass is 1120 g/mol. The molecule has 0 radical (unpaired) electrons. The molecule has 1 unspecified atom stereocenters. The molecule has 6 nitrogen and oxygen atoms in total. The molecule has 0 aliphatic carbocycles. The lowest BCUT2D eigenvalue weighted by atomic mass is 10.0. The first-order valence-electron chi connectivity index (χ1n) is 34.4. The number of carbonyl (C=O) groups is 3. The lowest BCUT2D eigenvalue weighted by molar-refractivity contribution is -0.167. The summed E-state index contributed by atoms with van der Waals surface area (Å²) in [5.41, 5.74) is 0. The van der Waals surface area contributed by atoms with E-state index in [1.165, 1.54) is 167 Å². The quantitative estimate of drug-likeness (QED) is 0.0261. The van der Waals surface area contributed by atoms with Gasteiger partial charge in [0.15, 0.2) is 6.10 Å². The Hall–Kier alpha value is -3.93. The fourth-order valence-electron chi connectivity index (χ4n) is 9.66. The van der Waals surface area contributed by atoms with Crippen molar-refractivity contribution in [2.75, 3.05) is 13.2 Å². The van der Waals surface area contributed by atoms with Crippen LogP contribution < -0.4 is 0 Å².